The Labute approximate surface area is 157 Å². The van der Waals surface area contributed by atoms with E-state index < -0.39 is 12.2 Å². The van der Waals surface area contributed by atoms with Crippen LogP contribution in [0.25, 0.3) is 11.1 Å². The fourth-order valence-electron chi connectivity index (χ4n) is 3.55. The van der Waals surface area contributed by atoms with Gasteiger partial charge in [0.05, 0.1) is 19.0 Å². The first-order chi connectivity index (χ1) is 13.2. The summed E-state index contributed by atoms with van der Waals surface area (Å²) in [4.78, 5) is 16.0. The second-order valence-corrected chi connectivity index (χ2v) is 6.62. The summed E-state index contributed by atoms with van der Waals surface area (Å²) in [6.07, 6.45) is 3.79. The number of nitrogens with one attached hydrogen (secondary N) is 1. The number of benzene rings is 2. The zero-order chi connectivity index (χ0) is 18.6. The number of fused-ring (bicyclic) bond motifs is 3. The molecule has 6 heteroatoms. The molecule has 138 valence electrons. The van der Waals surface area contributed by atoms with Crippen molar-refractivity contribution in [2.24, 2.45) is 0 Å². The molecule has 1 unspecified atom stereocenters. The maximum atomic E-state index is 12.1. The summed E-state index contributed by atoms with van der Waals surface area (Å²) in [7, 11) is 0. The number of aliphatic hydroxyl groups excluding tert-OH is 1. The molecule has 1 aromatic heterocycles. The molecule has 1 aliphatic carbocycles. The monoisotopic (exact) mass is 363 g/mol. The minimum absolute atomic E-state index is 0.0269. The van der Waals surface area contributed by atoms with Crippen molar-refractivity contribution in [3.05, 3.63) is 78.4 Å². The molecule has 1 aliphatic rings. The quantitative estimate of drug-likeness (QED) is 0.706. The van der Waals surface area contributed by atoms with E-state index in [-0.39, 0.29) is 19.1 Å². The zero-order valence-electron chi connectivity index (χ0n) is 14.8. The highest BCUT2D eigenvalue weighted by atomic mass is 16.5. The van der Waals surface area contributed by atoms with Crippen LogP contribution in [-0.2, 0) is 11.3 Å². The molecule has 0 aliphatic heterocycles. The first kappa shape index (κ1) is 17.3. The molecule has 0 spiro atoms. The Kier molecular flexibility index (Phi) is 4.89. The molecule has 0 bridgehead atoms. The van der Waals surface area contributed by atoms with Gasteiger partial charge in [-0.2, -0.15) is 0 Å². The number of amides is 1. The van der Waals surface area contributed by atoms with Crippen molar-refractivity contribution in [2.45, 2.75) is 18.6 Å². The fourth-order valence-corrected chi connectivity index (χ4v) is 3.55. The van der Waals surface area contributed by atoms with Crippen LogP contribution >= 0.6 is 0 Å². The van der Waals surface area contributed by atoms with Gasteiger partial charge in [0.25, 0.3) is 0 Å². The van der Waals surface area contributed by atoms with Crippen LogP contribution in [0.4, 0.5) is 4.79 Å². The predicted octanol–water partition coefficient (Wildman–Crippen LogP) is 2.78. The molecular formula is C21H21N3O3. The van der Waals surface area contributed by atoms with Gasteiger partial charge in [0.1, 0.15) is 6.61 Å². The lowest BCUT2D eigenvalue weighted by Crippen LogP contribution is -2.35. The molecule has 0 saturated heterocycles. The first-order valence-electron chi connectivity index (χ1n) is 8.95. The Bertz CT molecular complexity index is 878. The van der Waals surface area contributed by atoms with E-state index in [1.807, 2.05) is 24.3 Å². The smallest absolute Gasteiger partial charge is 0.407 e. The van der Waals surface area contributed by atoms with Gasteiger partial charge in [-0.05, 0) is 22.3 Å². The van der Waals surface area contributed by atoms with Gasteiger partial charge in [-0.1, -0.05) is 48.5 Å². The molecule has 0 saturated carbocycles. The van der Waals surface area contributed by atoms with Crippen LogP contribution < -0.4 is 5.32 Å². The standard InChI is InChI=1S/C21H21N3O3/c25-15(12-24-10-9-22-14-24)11-23-21(26)27-13-20-18-7-3-1-5-16(18)17-6-2-4-8-19(17)20/h1-10,14-15,20,25H,11-13H2,(H,23,26). The largest absolute Gasteiger partial charge is 0.449 e. The molecule has 0 fully saturated rings. The SMILES string of the molecule is O=C(NCC(O)Cn1ccnc1)OCC1c2ccccc2-c2ccccc21. The topological polar surface area (TPSA) is 76.4 Å². The zero-order valence-corrected chi connectivity index (χ0v) is 14.8. The van der Waals surface area contributed by atoms with Crippen LogP contribution in [0.2, 0.25) is 0 Å². The average Bonchev–Trinajstić information content (AvgIpc) is 3.31. The van der Waals surface area contributed by atoms with Gasteiger partial charge < -0.3 is 19.7 Å². The number of imidazole rings is 1. The fraction of sp³-hybridized carbons (Fsp3) is 0.238. The number of aromatic nitrogens is 2. The van der Waals surface area contributed by atoms with Crippen molar-refractivity contribution in [3.63, 3.8) is 0 Å². The maximum Gasteiger partial charge on any atom is 0.407 e. The molecule has 0 radical (unpaired) electrons. The Morgan fingerprint density at radius 1 is 1.15 bits per heavy atom. The second-order valence-electron chi connectivity index (χ2n) is 6.62. The molecule has 2 aromatic carbocycles. The van der Waals surface area contributed by atoms with E-state index in [4.69, 9.17) is 4.74 Å². The third-order valence-electron chi connectivity index (χ3n) is 4.81. The highest BCUT2D eigenvalue weighted by Gasteiger charge is 2.28. The van der Waals surface area contributed by atoms with E-state index in [0.717, 1.165) is 0 Å². The van der Waals surface area contributed by atoms with E-state index in [2.05, 4.69) is 34.6 Å². The Hall–Kier alpha value is -3.12. The third kappa shape index (κ3) is 3.71. The highest BCUT2D eigenvalue weighted by Crippen LogP contribution is 2.44. The number of nitrogens with zero attached hydrogens (tertiary/aromatic N) is 2. The Morgan fingerprint density at radius 2 is 1.81 bits per heavy atom. The summed E-state index contributed by atoms with van der Waals surface area (Å²) in [5, 5.41) is 12.6. The van der Waals surface area contributed by atoms with Crippen LogP contribution in [0.3, 0.4) is 0 Å². The van der Waals surface area contributed by atoms with E-state index in [0.29, 0.717) is 6.54 Å². The predicted molar refractivity (Wildman–Crippen MR) is 101 cm³/mol. The minimum atomic E-state index is -0.709. The van der Waals surface area contributed by atoms with Crippen LogP contribution in [-0.4, -0.2) is 40.0 Å². The van der Waals surface area contributed by atoms with Crippen molar-refractivity contribution in [1.29, 1.82) is 0 Å². The van der Waals surface area contributed by atoms with Crippen molar-refractivity contribution in [3.8, 4) is 11.1 Å². The van der Waals surface area contributed by atoms with Crippen molar-refractivity contribution < 1.29 is 14.6 Å². The Balaban J connectivity index is 1.34. The molecule has 2 N–H and O–H groups in total. The average molecular weight is 363 g/mol. The van der Waals surface area contributed by atoms with Gasteiger partial charge in [-0.15, -0.1) is 0 Å². The van der Waals surface area contributed by atoms with Gasteiger partial charge >= 0.3 is 6.09 Å². The second kappa shape index (κ2) is 7.63. The van der Waals surface area contributed by atoms with Gasteiger partial charge in [0.15, 0.2) is 0 Å². The summed E-state index contributed by atoms with van der Waals surface area (Å²) in [6.45, 7) is 0.746. The van der Waals surface area contributed by atoms with Crippen molar-refractivity contribution in [1.82, 2.24) is 14.9 Å². The number of carbonyl (C=O) groups is 1. The van der Waals surface area contributed by atoms with Crippen LogP contribution in [0, 0.1) is 0 Å². The first-order valence-corrected chi connectivity index (χ1v) is 8.95. The number of alkyl carbamates (subject to hydrolysis) is 1. The summed E-state index contributed by atoms with van der Waals surface area (Å²) < 4.78 is 7.20. The lowest BCUT2D eigenvalue weighted by molar-refractivity contribution is 0.122. The summed E-state index contributed by atoms with van der Waals surface area (Å²) in [5.74, 6) is 0.0269. The van der Waals surface area contributed by atoms with Gasteiger partial charge in [0.2, 0.25) is 0 Å². The lowest BCUT2D eigenvalue weighted by Gasteiger charge is -2.16. The summed E-state index contributed by atoms with van der Waals surface area (Å²) in [5.41, 5.74) is 4.73. The number of aliphatic hydroxyl groups is 1. The molecular weight excluding hydrogens is 342 g/mol. The molecule has 6 nitrogen and oxygen atoms in total. The minimum Gasteiger partial charge on any atom is -0.449 e. The molecule has 1 amide bonds. The molecule has 27 heavy (non-hydrogen) atoms. The van der Waals surface area contributed by atoms with Crippen molar-refractivity contribution >= 4 is 6.09 Å². The highest BCUT2D eigenvalue weighted by molar-refractivity contribution is 5.79. The van der Waals surface area contributed by atoms with E-state index in [9.17, 15) is 9.90 Å². The Morgan fingerprint density at radius 3 is 2.44 bits per heavy atom. The van der Waals surface area contributed by atoms with Gasteiger partial charge in [-0.3, -0.25) is 0 Å². The van der Waals surface area contributed by atoms with E-state index in [1.165, 1.54) is 22.3 Å². The lowest BCUT2D eigenvalue weighted by atomic mass is 9.98. The van der Waals surface area contributed by atoms with E-state index in [1.54, 1.807) is 23.3 Å². The molecule has 1 atom stereocenters. The van der Waals surface area contributed by atoms with Crippen LogP contribution in [0.15, 0.2) is 67.3 Å². The third-order valence-corrected chi connectivity index (χ3v) is 4.81. The number of hydrogen-bond acceptors (Lipinski definition) is 4. The van der Waals surface area contributed by atoms with Crippen LogP contribution in [0.1, 0.15) is 17.0 Å². The van der Waals surface area contributed by atoms with Gasteiger partial charge in [-0.25, -0.2) is 9.78 Å². The maximum absolute atomic E-state index is 12.1. The summed E-state index contributed by atoms with van der Waals surface area (Å²) in [6, 6.07) is 16.4. The van der Waals surface area contributed by atoms with Crippen molar-refractivity contribution in [2.75, 3.05) is 13.2 Å². The summed E-state index contributed by atoms with van der Waals surface area (Å²) >= 11 is 0. The molecule has 4 rings (SSSR count). The number of ether oxygens (including phenoxy) is 1. The molecule has 1 heterocycles. The number of carbonyl (C=O) groups excluding carboxylic acids is 1. The number of hydrogen-bond donors (Lipinski definition) is 2. The molecule has 3 aromatic rings. The van der Waals surface area contributed by atoms with Crippen LogP contribution in [0.5, 0.6) is 0 Å². The normalized spacial score (nSPS) is 13.7. The van der Waals surface area contributed by atoms with E-state index >= 15 is 0 Å². The van der Waals surface area contributed by atoms with Gasteiger partial charge in [0, 0.05) is 24.9 Å². The number of rotatable bonds is 6.